The number of nitrogens with zero attached hydrogens (tertiary/aromatic N) is 1. The number of hydrogen-bond acceptors (Lipinski definition) is 2. The van der Waals surface area contributed by atoms with Crippen LogP contribution in [-0.4, -0.2) is 25.0 Å². The van der Waals surface area contributed by atoms with Crippen LogP contribution in [0.25, 0.3) is 0 Å². The summed E-state index contributed by atoms with van der Waals surface area (Å²) < 4.78 is 12.9. The zero-order valence-electron chi connectivity index (χ0n) is 11.8. The van der Waals surface area contributed by atoms with Crippen LogP contribution in [0.15, 0.2) is 24.3 Å². The number of nitrogens with two attached hydrogens (primary N) is 1. The van der Waals surface area contributed by atoms with Gasteiger partial charge in [-0.2, -0.15) is 0 Å². The molecule has 0 aromatic heterocycles. The van der Waals surface area contributed by atoms with Crippen LogP contribution in [0, 0.1) is 17.7 Å². The zero-order valence-corrected chi connectivity index (χ0v) is 11.8. The van der Waals surface area contributed by atoms with E-state index in [0.717, 1.165) is 25.6 Å². The molecule has 0 bridgehead atoms. The van der Waals surface area contributed by atoms with Crippen molar-refractivity contribution in [2.45, 2.75) is 32.2 Å². The maximum Gasteiger partial charge on any atom is 0.123 e. The molecule has 1 aromatic rings. The fourth-order valence-corrected chi connectivity index (χ4v) is 3.20. The van der Waals surface area contributed by atoms with Crippen LogP contribution in [0.3, 0.4) is 0 Å². The Balaban J connectivity index is 1.86. The van der Waals surface area contributed by atoms with E-state index in [1.54, 1.807) is 0 Å². The van der Waals surface area contributed by atoms with E-state index in [2.05, 4.69) is 11.9 Å². The van der Waals surface area contributed by atoms with Gasteiger partial charge >= 0.3 is 0 Å². The molecule has 2 atom stereocenters. The first-order valence-electron chi connectivity index (χ1n) is 7.32. The highest BCUT2D eigenvalue weighted by Gasteiger charge is 2.24. The molecular formula is C16H25FN2. The van der Waals surface area contributed by atoms with Gasteiger partial charge in [-0.25, -0.2) is 4.39 Å². The third-order valence-corrected chi connectivity index (χ3v) is 4.28. The van der Waals surface area contributed by atoms with Crippen LogP contribution >= 0.6 is 0 Å². The molecule has 2 N–H and O–H groups in total. The molecule has 2 unspecified atom stereocenters. The summed E-state index contributed by atoms with van der Waals surface area (Å²) >= 11 is 0. The molecular weight excluding hydrogens is 239 g/mol. The van der Waals surface area contributed by atoms with Crippen LogP contribution < -0.4 is 5.73 Å². The van der Waals surface area contributed by atoms with Crippen molar-refractivity contribution in [1.82, 2.24) is 4.90 Å². The van der Waals surface area contributed by atoms with E-state index in [0.29, 0.717) is 5.92 Å². The average Bonchev–Trinajstić information content (AvgIpc) is 2.42. The summed E-state index contributed by atoms with van der Waals surface area (Å²) in [6.07, 6.45) is 5.26. The summed E-state index contributed by atoms with van der Waals surface area (Å²) in [4.78, 5) is 2.34. The van der Waals surface area contributed by atoms with Crippen LogP contribution in [0.4, 0.5) is 4.39 Å². The predicted molar refractivity (Wildman–Crippen MR) is 77.2 cm³/mol. The second kappa shape index (κ2) is 7.01. The van der Waals surface area contributed by atoms with E-state index < -0.39 is 0 Å². The van der Waals surface area contributed by atoms with Gasteiger partial charge in [-0.05, 0) is 56.0 Å². The van der Waals surface area contributed by atoms with E-state index in [-0.39, 0.29) is 5.82 Å². The molecule has 0 spiro atoms. The summed E-state index contributed by atoms with van der Waals surface area (Å²) in [5.74, 6) is 1.25. The molecule has 0 amide bonds. The molecule has 1 aliphatic rings. The van der Waals surface area contributed by atoms with Crippen molar-refractivity contribution >= 4 is 0 Å². The van der Waals surface area contributed by atoms with Crippen molar-refractivity contribution in [3.05, 3.63) is 35.6 Å². The summed E-state index contributed by atoms with van der Waals surface area (Å²) in [5.41, 5.74) is 7.05. The lowest BCUT2D eigenvalue weighted by atomic mass is 9.79. The van der Waals surface area contributed by atoms with Gasteiger partial charge in [-0.15, -0.1) is 0 Å². The first-order valence-corrected chi connectivity index (χ1v) is 7.32. The quantitative estimate of drug-likeness (QED) is 0.885. The maximum atomic E-state index is 12.9. The molecule has 0 heterocycles. The van der Waals surface area contributed by atoms with E-state index in [4.69, 9.17) is 5.73 Å². The highest BCUT2D eigenvalue weighted by molar-refractivity contribution is 5.15. The molecule has 1 aromatic carbocycles. The first kappa shape index (κ1) is 14.5. The lowest BCUT2D eigenvalue weighted by Crippen LogP contribution is -2.35. The van der Waals surface area contributed by atoms with Crippen molar-refractivity contribution in [2.75, 3.05) is 20.1 Å². The summed E-state index contributed by atoms with van der Waals surface area (Å²) in [5, 5.41) is 0. The Kier molecular flexibility index (Phi) is 5.34. The lowest BCUT2D eigenvalue weighted by Gasteiger charge is -2.33. The van der Waals surface area contributed by atoms with Gasteiger partial charge in [0.2, 0.25) is 0 Å². The van der Waals surface area contributed by atoms with E-state index in [9.17, 15) is 4.39 Å². The van der Waals surface area contributed by atoms with Crippen molar-refractivity contribution in [1.29, 1.82) is 0 Å². The normalized spacial score (nSPS) is 23.8. The van der Waals surface area contributed by atoms with Crippen molar-refractivity contribution in [3.8, 4) is 0 Å². The van der Waals surface area contributed by atoms with Crippen LogP contribution in [0.1, 0.15) is 31.2 Å². The van der Waals surface area contributed by atoms with Gasteiger partial charge in [-0.1, -0.05) is 25.0 Å². The maximum absolute atomic E-state index is 12.9. The molecule has 0 aliphatic heterocycles. The van der Waals surface area contributed by atoms with E-state index in [1.165, 1.54) is 43.4 Å². The minimum atomic E-state index is -0.165. The Labute approximate surface area is 115 Å². The van der Waals surface area contributed by atoms with Gasteiger partial charge in [0.15, 0.2) is 0 Å². The number of benzene rings is 1. The molecule has 3 heteroatoms. The fourth-order valence-electron chi connectivity index (χ4n) is 3.20. The van der Waals surface area contributed by atoms with Crippen LogP contribution in [0.2, 0.25) is 0 Å². The summed E-state index contributed by atoms with van der Waals surface area (Å²) in [6.45, 7) is 2.79. The van der Waals surface area contributed by atoms with Crippen LogP contribution in [-0.2, 0) is 6.54 Å². The Morgan fingerprint density at radius 3 is 2.42 bits per heavy atom. The highest BCUT2D eigenvalue weighted by Crippen LogP contribution is 2.29. The minimum Gasteiger partial charge on any atom is -0.330 e. The van der Waals surface area contributed by atoms with Gasteiger partial charge in [0.1, 0.15) is 5.82 Å². The summed E-state index contributed by atoms with van der Waals surface area (Å²) in [7, 11) is 2.14. The minimum absolute atomic E-state index is 0.165. The van der Waals surface area contributed by atoms with Gasteiger partial charge in [-0.3, -0.25) is 0 Å². The molecule has 0 radical (unpaired) electrons. The first-order chi connectivity index (χ1) is 9.19. The third kappa shape index (κ3) is 4.29. The summed E-state index contributed by atoms with van der Waals surface area (Å²) in [6, 6.07) is 6.80. The SMILES string of the molecule is CN(Cc1ccc(F)cc1)CC1CCCCC1CN. The predicted octanol–water partition coefficient (Wildman–Crippen LogP) is 3.02. The molecule has 1 fully saturated rings. The van der Waals surface area contributed by atoms with E-state index in [1.807, 2.05) is 12.1 Å². The highest BCUT2D eigenvalue weighted by atomic mass is 19.1. The van der Waals surface area contributed by atoms with Crippen LogP contribution in [0.5, 0.6) is 0 Å². The number of rotatable bonds is 5. The third-order valence-electron chi connectivity index (χ3n) is 4.28. The number of halogens is 1. The van der Waals surface area contributed by atoms with Gasteiger partial charge in [0, 0.05) is 13.1 Å². The van der Waals surface area contributed by atoms with Gasteiger partial charge in [0.25, 0.3) is 0 Å². The molecule has 2 rings (SSSR count). The van der Waals surface area contributed by atoms with Gasteiger partial charge in [0.05, 0.1) is 0 Å². The van der Waals surface area contributed by atoms with Crippen molar-refractivity contribution in [2.24, 2.45) is 17.6 Å². The monoisotopic (exact) mass is 264 g/mol. The Morgan fingerprint density at radius 2 is 1.79 bits per heavy atom. The topological polar surface area (TPSA) is 29.3 Å². The molecule has 2 nitrogen and oxygen atoms in total. The second-order valence-corrected chi connectivity index (χ2v) is 5.86. The Hall–Kier alpha value is -0.930. The Bertz CT molecular complexity index is 377. The lowest BCUT2D eigenvalue weighted by molar-refractivity contribution is 0.170. The molecule has 106 valence electrons. The average molecular weight is 264 g/mol. The second-order valence-electron chi connectivity index (χ2n) is 5.86. The van der Waals surface area contributed by atoms with Crippen molar-refractivity contribution < 1.29 is 4.39 Å². The molecule has 1 aliphatic carbocycles. The largest absolute Gasteiger partial charge is 0.330 e. The molecule has 19 heavy (non-hydrogen) atoms. The fraction of sp³-hybridized carbons (Fsp3) is 0.625. The Morgan fingerprint density at radius 1 is 1.16 bits per heavy atom. The molecule has 0 saturated heterocycles. The number of hydrogen-bond donors (Lipinski definition) is 1. The van der Waals surface area contributed by atoms with Crippen molar-refractivity contribution in [3.63, 3.8) is 0 Å². The molecule has 1 saturated carbocycles. The smallest absolute Gasteiger partial charge is 0.123 e. The van der Waals surface area contributed by atoms with E-state index >= 15 is 0 Å². The standard InChI is InChI=1S/C16H25FN2/c1-19(11-13-6-8-16(17)9-7-13)12-15-5-3-2-4-14(15)10-18/h6-9,14-15H,2-5,10-12,18H2,1H3. The van der Waals surface area contributed by atoms with Gasteiger partial charge < -0.3 is 10.6 Å². The zero-order chi connectivity index (χ0) is 13.7.